The van der Waals surface area contributed by atoms with Crippen LogP contribution in [0.15, 0.2) is 41.8 Å². The lowest BCUT2D eigenvalue weighted by Gasteiger charge is -2.10. The number of hydrogen-bond acceptors (Lipinski definition) is 4. The Kier molecular flexibility index (Phi) is 6.70. The zero-order valence-corrected chi connectivity index (χ0v) is 17.8. The highest BCUT2D eigenvalue weighted by Gasteiger charge is 2.07. The minimum Gasteiger partial charge on any atom is -0.484 e. The predicted octanol–water partition coefficient (Wildman–Crippen LogP) is 5.13. The minimum atomic E-state index is -0.139. The molecule has 0 unspecified atom stereocenters. The number of carbonyl (C=O) groups is 1. The SMILES string of the molecule is Cc1nc(-c2ccc(CCNC(=O)COc3cc(C)c(Cl)c(C)c3)cc2)cs1. The molecule has 28 heavy (non-hydrogen) atoms. The van der Waals surface area contributed by atoms with Crippen molar-refractivity contribution < 1.29 is 9.53 Å². The van der Waals surface area contributed by atoms with E-state index in [0.717, 1.165) is 38.8 Å². The molecule has 0 radical (unpaired) electrons. The van der Waals surface area contributed by atoms with Crippen LogP contribution in [0.5, 0.6) is 5.75 Å². The molecule has 0 aliphatic rings. The quantitative estimate of drug-likeness (QED) is 0.583. The fraction of sp³-hybridized carbons (Fsp3) is 0.273. The van der Waals surface area contributed by atoms with Crippen LogP contribution in [0, 0.1) is 20.8 Å². The number of nitrogens with one attached hydrogen (secondary N) is 1. The Labute approximate surface area is 174 Å². The number of hydrogen-bond donors (Lipinski definition) is 1. The van der Waals surface area contributed by atoms with Gasteiger partial charge in [-0.25, -0.2) is 4.98 Å². The molecular formula is C22H23ClN2O2S. The second-order valence-corrected chi connectivity index (χ2v) is 8.15. The first-order valence-corrected chi connectivity index (χ1v) is 10.4. The molecule has 1 heterocycles. The van der Waals surface area contributed by atoms with Crippen molar-refractivity contribution in [1.29, 1.82) is 0 Å². The highest BCUT2D eigenvalue weighted by Crippen LogP contribution is 2.25. The fourth-order valence-electron chi connectivity index (χ4n) is 2.87. The van der Waals surface area contributed by atoms with Crippen molar-refractivity contribution in [3.8, 4) is 17.0 Å². The first-order chi connectivity index (χ1) is 13.4. The summed E-state index contributed by atoms with van der Waals surface area (Å²) in [4.78, 5) is 16.5. The molecule has 1 amide bonds. The van der Waals surface area contributed by atoms with E-state index in [-0.39, 0.29) is 12.5 Å². The van der Waals surface area contributed by atoms with Crippen LogP contribution in [-0.4, -0.2) is 24.0 Å². The maximum Gasteiger partial charge on any atom is 0.257 e. The van der Waals surface area contributed by atoms with Crippen LogP contribution >= 0.6 is 22.9 Å². The Balaban J connectivity index is 1.44. The molecule has 6 heteroatoms. The van der Waals surface area contributed by atoms with Gasteiger partial charge in [-0.05, 0) is 56.0 Å². The second-order valence-electron chi connectivity index (χ2n) is 6.71. The third-order valence-corrected chi connectivity index (χ3v) is 5.75. The largest absolute Gasteiger partial charge is 0.484 e. The number of thiazole rings is 1. The Morgan fingerprint density at radius 1 is 1.14 bits per heavy atom. The first kappa shape index (κ1) is 20.4. The van der Waals surface area contributed by atoms with Gasteiger partial charge in [0.25, 0.3) is 5.91 Å². The average molecular weight is 415 g/mol. The van der Waals surface area contributed by atoms with Gasteiger partial charge in [0, 0.05) is 22.5 Å². The molecular weight excluding hydrogens is 392 g/mol. The van der Waals surface area contributed by atoms with Crippen LogP contribution in [-0.2, 0) is 11.2 Å². The third-order valence-electron chi connectivity index (χ3n) is 4.38. The number of nitrogens with zero attached hydrogens (tertiary/aromatic N) is 1. The van der Waals surface area contributed by atoms with E-state index in [1.54, 1.807) is 11.3 Å². The lowest BCUT2D eigenvalue weighted by molar-refractivity contribution is -0.123. The van der Waals surface area contributed by atoms with Crippen LogP contribution < -0.4 is 10.1 Å². The summed E-state index contributed by atoms with van der Waals surface area (Å²) in [5.41, 5.74) is 5.16. The molecule has 0 fully saturated rings. The van der Waals surface area contributed by atoms with E-state index in [0.29, 0.717) is 12.3 Å². The summed E-state index contributed by atoms with van der Waals surface area (Å²) in [6.07, 6.45) is 0.765. The highest BCUT2D eigenvalue weighted by atomic mass is 35.5. The van der Waals surface area contributed by atoms with E-state index in [1.165, 1.54) is 5.56 Å². The van der Waals surface area contributed by atoms with Crippen LogP contribution in [0.2, 0.25) is 5.02 Å². The molecule has 0 aliphatic carbocycles. The molecule has 3 rings (SSSR count). The number of aromatic nitrogens is 1. The standard InChI is InChI=1S/C22H23ClN2O2S/c1-14-10-19(11-15(2)22(14)23)27-12-21(26)24-9-8-17-4-6-18(7-5-17)20-13-28-16(3)25-20/h4-7,10-11,13H,8-9,12H2,1-3H3,(H,24,26). The Hall–Kier alpha value is -2.37. The van der Waals surface area contributed by atoms with Gasteiger partial charge in [0.1, 0.15) is 5.75 Å². The van der Waals surface area contributed by atoms with E-state index in [2.05, 4.69) is 39.9 Å². The normalized spacial score (nSPS) is 10.7. The van der Waals surface area contributed by atoms with Crippen LogP contribution in [0.25, 0.3) is 11.3 Å². The summed E-state index contributed by atoms with van der Waals surface area (Å²) in [6.45, 7) is 6.40. The zero-order valence-electron chi connectivity index (χ0n) is 16.2. The second kappa shape index (κ2) is 9.22. The molecule has 1 N–H and O–H groups in total. The molecule has 146 valence electrons. The maximum absolute atomic E-state index is 12.0. The van der Waals surface area contributed by atoms with Crippen molar-refractivity contribution in [3.63, 3.8) is 0 Å². The number of ether oxygens (including phenoxy) is 1. The van der Waals surface area contributed by atoms with E-state index >= 15 is 0 Å². The van der Waals surface area contributed by atoms with Gasteiger partial charge in [-0.1, -0.05) is 35.9 Å². The molecule has 4 nitrogen and oxygen atoms in total. The van der Waals surface area contributed by atoms with Crippen molar-refractivity contribution >= 4 is 28.8 Å². The first-order valence-electron chi connectivity index (χ1n) is 9.10. The van der Waals surface area contributed by atoms with Crippen LogP contribution in [0.4, 0.5) is 0 Å². The summed E-state index contributed by atoms with van der Waals surface area (Å²) in [5.74, 6) is 0.516. The van der Waals surface area contributed by atoms with Gasteiger partial charge in [0.15, 0.2) is 6.61 Å². The number of benzene rings is 2. The number of rotatable bonds is 7. The number of halogens is 1. The van der Waals surface area contributed by atoms with E-state index in [4.69, 9.17) is 16.3 Å². The fourth-order valence-corrected chi connectivity index (χ4v) is 3.60. The van der Waals surface area contributed by atoms with Gasteiger partial charge in [0.05, 0.1) is 10.7 Å². The predicted molar refractivity (Wildman–Crippen MR) is 115 cm³/mol. The highest BCUT2D eigenvalue weighted by molar-refractivity contribution is 7.09. The third kappa shape index (κ3) is 5.33. The van der Waals surface area contributed by atoms with Crippen molar-refractivity contribution in [2.24, 2.45) is 0 Å². The molecule has 3 aromatic rings. The summed E-state index contributed by atoms with van der Waals surface area (Å²) in [6, 6.07) is 12.0. The van der Waals surface area contributed by atoms with Gasteiger partial charge < -0.3 is 10.1 Å². The number of carbonyl (C=O) groups excluding carboxylic acids is 1. The molecule has 0 bridgehead atoms. The lowest BCUT2D eigenvalue weighted by atomic mass is 10.1. The number of aryl methyl sites for hydroxylation is 3. The van der Waals surface area contributed by atoms with Gasteiger partial charge in [-0.15, -0.1) is 11.3 Å². The van der Waals surface area contributed by atoms with E-state index in [1.807, 2.05) is 32.9 Å². The molecule has 0 saturated heterocycles. The maximum atomic E-state index is 12.0. The minimum absolute atomic E-state index is 0.0113. The van der Waals surface area contributed by atoms with Gasteiger partial charge in [0.2, 0.25) is 0 Å². The number of amides is 1. The Morgan fingerprint density at radius 2 is 1.82 bits per heavy atom. The molecule has 0 aliphatic heterocycles. The topological polar surface area (TPSA) is 51.2 Å². The van der Waals surface area contributed by atoms with Crippen molar-refractivity contribution in [1.82, 2.24) is 10.3 Å². The lowest BCUT2D eigenvalue weighted by Crippen LogP contribution is -2.30. The van der Waals surface area contributed by atoms with Gasteiger partial charge >= 0.3 is 0 Å². The van der Waals surface area contributed by atoms with Gasteiger partial charge in [-0.3, -0.25) is 4.79 Å². The molecule has 2 aromatic carbocycles. The Bertz CT molecular complexity index is 944. The summed E-state index contributed by atoms with van der Waals surface area (Å²) in [5, 5.41) is 6.75. The van der Waals surface area contributed by atoms with E-state index in [9.17, 15) is 4.79 Å². The van der Waals surface area contributed by atoms with Crippen LogP contribution in [0.1, 0.15) is 21.7 Å². The average Bonchev–Trinajstić information content (AvgIpc) is 3.11. The van der Waals surface area contributed by atoms with E-state index < -0.39 is 0 Å². The smallest absolute Gasteiger partial charge is 0.257 e. The molecule has 0 spiro atoms. The monoisotopic (exact) mass is 414 g/mol. The van der Waals surface area contributed by atoms with Crippen LogP contribution in [0.3, 0.4) is 0 Å². The molecule has 0 saturated carbocycles. The molecule has 1 aromatic heterocycles. The van der Waals surface area contributed by atoms with Gasteiger partial charge in [-0.2, -0.15) is 0 Å². The molecule has 0 atom stereocenters. The van der Waals surface area contributed by atoms with Crippen molar-refractivity contribution in [2.75, 3.05) is 13.2 Å². The van der Waals surface area contributed by atoms with Crippen molar-refractivity contribution in [2.45, 2.75) is 27.2 Å². The zero-order chi connectivity index (χ0) is 20.1. The van der Waals surface area contributed by atoms with Crippen molar-refractivity contribution in [3.05, 3.63) is 68.5 Å². The summed E-state index contributed by atoms with van der Waals surface area (Å²) in [7, 11) is 0. The summed E-state index contributed by atoms with van der Waals surface area (Å²) < 4.78 is 5.58. The summed E-state index contributed by atoms with van der Waals surface area (Å²) >= 11 is 7.80. The Morgan fingerprint density at radius 3 is 2.43 bits per heavy atom.